The van der Waals surface area contributed by atoms with Crippen molar-refractivity contribution in [3.63, 3.8) is 0 Å². The van der Waals surface area contributed by atoms with Crippen LogP contribution in [0.2, 0.25) is 5.02 Å². The van der Waals surface area contributed by atoms with Crippen LogP contribution in [0.5, 0.6) is 0 Å². The molecule has 0 bridgehead atoms. The Balaban J connectivity index is 1.84. The van der Waals surface area contributed by atoms with Gasteiger partial charge in [0, 0.05) is 40.4 Å². The molecule has 0 radical (unpaired) electrons. The smallest absolute Gasteiger partial charge is 0.315 e. The molecule has 1 aliphatic rings. The highest BCUT2D eigenvalue weighted by molar-refractivity contribution is 6.30. The Morgan fingerprint density at radius 3 is 2.16 bits per heavy atom. The summed E-state index contributed by atoms with van der Waals surface area (Å²) in [5.41, 5.74) is 2.86. The van der Waals surface area contributed by atoms with Crippen molar-refractivity contribution in [1.29, 1.82) is 0 Å². The second kappa shape index (κ2) is 8.12. The molecule has 0 aliphatic heterocycles. The van der Waals surface area contributed by atoms with E-state index in [4.69, 9.17) is 11.6 Å². The number of Topliss-reactive ketones (excluding diaryl/α,β-unsaturated/α-hetero) is 2. The summed E-state index contributed by atoms with van der Waals surface area (Å²) in [6.07, 6.45) is 0.329. The molecule has 0 aromatic heterocycles. The van der Waals surface area contributed by atoms with E-state index in [2.05, 4.69) is 10.6 Å². The molecule has 5 nitrogen and oxygen atoms in total. The number of rotatable bonds is 5. The van der Waals surface area contributed by atoms with E-state index in [0.29, 0.717) is 40.3 Å². The molecule has 132 valence electrons. The van der Waals surface area contributed by atoms with E-state index in [9.17, 15) is 14.4 Å². The Bertz CT molecular complexity index is 776. The molecule has 0 saturated carbocycles. The first-order valence-electron chi connectivity index (χ1n) is 8.04. The van der Waals surface area contributed by atoms with Gasteiger partial charge in [0.2, 0.25) is 0 Å². The van der Waals surface area contributed by atoms with Gasteiger partial charge in [-0.25, -0.2) is 4.79 Å². The highest BCUT2D eigenvalue weighted by Gasteiger charge is 2.27. The third kappa shape index (κ3) is 4.57. The first-order valence-corrected chi connectivity index (χ1v) is 8.41. The minimum absolute atomic E-state index is 0.0979. The maximum absolute atomic E-state index is 12.3. The van der Waals surface area contributed by atoms with E-state index in [-0.39, 0.29) is 24.1 Å². The van der Waals surface area contributed by atoms with Crippen LogP contribution in [0.25, 0.3) is 0 Å². The predicted molar refractivity (Wildman–Crippen MR) is 97.4 cm³/mol. The Kier molecular flexibility index (Phi) is 6.15. The number of hydrogen-bond donors (Lipinski definition) is 2. The molecule has 0 saturated heterocycles. The van der Waals surface area contributed by atoms with Crippen molar-refractivity contribution in [2.75, 3.05) is 6.54 Å². The van der Waals surface area contributed by atoms with Gasteiger partial charge in [-0.05, 0) is 44.9 Å². The summed E-state index contributed by atoms with van der Waals surface area (Å²) < 4.78 is 0. The van der Waals surface area contributed by atoms with Gasteiger partial charge >= 0.3 is 6.03 Å². The Morgan fingerprint density at radius 2 is 1.52 bits per heavy atom. The number of amides is 2. The van der Waals surface area contributed by atoms with Crippen LogP contribution < -0.4 is 10.6 Å². The number of ketones is 2. The minimum Gasteiger partial charge on any atom is -0.338 e. The topological polar surface area (TPSA) is 75.3 Å². The molecule has 6 heteroatoms. The fourth-order valence-electron chi connectivity index (χ4n) is 2.60. The number of nitrogens with one attached hydrogen (secondary N) is 2. The van der Waals surface area contributed by atoms with Gasteiger partial charge in [0.15, 0.2) is 11.6 Å². The van der Waals surface area contributed by atoms with Crippen LogP contribution in [-0.2, 0) is 16.1 Å². The molecule has 0 unspecified atom stereocenters. The average Bonchev–Trinajstić information content (AvgIpc) is 2.60. The van der Waals surface area contributed by atoms with Crippen molar-refractivity contribution >= 4 is 29.2 Å². The molecule has 2 N–H and O–H groups in total. The summed E-state index contributed by atoms with van der Waals surface area (Å²) in [5.74, 6) is -0.211. The van der Waals surface area contributed by atoms with Crippen LogP contribution in [0.1, 0.15) is 32.8 Å². The highest BCUT2D eigenvalue weighted by Crippen LogP contribution is 2.25. The lowest BCUT2D eigenvalue weighted by Gasteiger charge is -2.18. The third-order valence-corrected chi connectivity index (χ3v) is 4.59. The lowest BCUT2D eigenvalue weighted by atomic mass is 9.84. The van der Waals surface area contributed by atoms with Gasteiger partial charge in [-0.3, -0.25) is 9.59 Å². The van der Waals surface area contributed by atoms with E-state index in [0.717, 1.165) is 5.56 Å². The SMILES string of the molecule is CC1=C(C)C(=O)C(CCNC(=O)NCc2ccc(Cl)cc2)=C(C)C1=O. The van der Waals surface area contributed by atoms with Gasteiger partial charge in [0.25, 0.3) is 0 Å². The maximum atomic E-state index is 12.3. The quantitative estimate of drug-likeness (QED) is 0.791. The van der Waals surface area contributed by atoms with Crippen LogP contribution in [0.15, 0.2) is 46.6 Å². The maximum Gasteiger partial charge on any atom is 0.315 e. The fourth-order valence-corrected chi connectivity index (χ4v) is 2.73. The molecule has 2 amide bonds. The summed E-state index contributed by atoms with van der Waals surface area (Å²) in [7, 11) is 0. The molecule has 2 rings (SSSR count). The molecule has 0 spiro atoms. The van der Waals surface area contributed by atoms with Crippen molar-refractivity contribution in [2.45, 2.75) is 33.7 Å². The van der Waals surface area contributed by atoms with Crippen LogP contribution in [0, 0.1) is 0 Å². The summed E-state index contributed by atoms with van der Waals surface area (Å²) in [6, 6.07) is 6.86. The molecule has 25 heavy (non-hydrogen) atoms. The fraction of sp³-hybridized carbons (Fsp3) is 0.316. The zero-order valence-electron chi connectivity index (χ0n) is 14.5. The van der Waals surface area contributed by atoms with E-state index in [1.165, 1.54) is 0 Å². The summed E-state index contributed by atoms with van der Waals surface area (Å²) in [5, 5.41) is 6.08. The van der Waals surface area contributed by atoms with Gasteiger partial charge in [-0.2, -0.15) is 0 Å². The number of hydrogen-bond acceptors (Lipinski definition) is 3. The van der Waals surface area contributed by atoms with Crippen LogP contribution >= 0.6 is 11.6 Å². The standard InChI is InChI=1S/C19H21ClN2O3/c1-11-12(2)18(24)16(13(3)17(11)23)8-9-21-19(25)22-10-14-4-6-15(20)7-5-14/h4-7H,8-10H2,1-3H3,(H2,21,22,25). The molecular weight excluding hydrogens is 340 g/mol. The Hall–Kier alpha value is -2.40. The van der Waals surface area contributed by atoms with Gasteiger partial charge in [0.05, 0.1) is 0 Å². The number of allylic oxidation sites excluding steroid dienone is 3. The molecule has 1 aromatic rings. The lowest BCUT2D eigenvalue weighted by molar-refractivity contribution is -0.116. The van der Waals surface area contributed by atoms with E-state index in [1.807, 2.05) is 12.1 Å². The monoisotopic (exact) mass is 360 g/mol. The van der Waals surface area contributed by atoms with Crippen LogP contribution in [-0.4, -0.2) is 24.1 Å². The van der Waals surface area contributed by atoms with Gasteiger partial charge < -0.3 is 10.6 Å². The molecule has 0 heterocycles. The largest absolute Gasteiger partial charge is 0.338 e. The van der Waals surface area contributed by atoms with Crippen LogP contribution in [0.3, 0.4) is 0 Å². The third-order valence-electron chi connectivity index (χ3n) is 4.34. The van der Waals surface area contributed by atoms with Crippen molar-refractivity contribution in [2.24, 2.45) is 0 Å². The second-order valence-corrected chi connectivity index (χ2v) is 6.43. The minimum atomic E-state index is -0.328. The average molecular weight is 361 g/mol. The summed E-state index contributed by atoms with van der Waals surface area (Å²) >= 11 is 5.81. The summed E-state index contributed by atoms with van der Waals surface area (Å²) in [4.78, 5) is 36.2. The van der Waals surface area contributed by atoms with Gasteiger partial charge in [-0.15, -0.1) is 0 Å². The highest BCUT2D eigenvalue weighted by atomic mass is 35.5. The Morgan fingerprint density at radius 1 is 0.920 bits per heavy atom. The van der Waals surface area contributed by atoms with Crippen molar-refractivity contribution < 1.29 is 14.4 Å². The number of carbonyl (C=O) groups excluding carboxylic acids is 3. The predicted octanol–water partition coefficient (Wildman–Crippen LogP) is 3.33. The molecule has 1 aliphatic carbocycles. The number of urea groups is 1. The summed E-state index contributed by atoms with van der Waals surface area (Å²) in [6.45, 7) is 5.65. The molecule has 0 atom stereocenters. The first kappa shape index (κ1) is 18.9. The van der Waals surface area contributed by atoms with Gasteiger partial charge in [-0.1, -0.05) is 23.7 Å². The first-order chi connectivity index (χ1) is 11.8. The van der Waals surface area contributed by atoms with E-state index < -0.39 is 0 Å². The van der Waals surface area contributed by atoms with Crippen molar-refractivity contribution in [3.05, 3.63) is 57.1 Å². The molecule has 1 aromatic carbocycles. The molecular formula is C19H21ClN2O3. The second-order valence-electron chi connectivity index (χ2n) is 6.00. The van der Waals surface area contributed by atoms with Crippen LogP contribution in [0.4, 0.5) is 4.79 Å². The van der Waals surface area contributed by atoms with Crippen molar-refractivity contribution in [1.82, 2.24) is 10.6 Å². The van der Waals surface area contributed by atoms with E-state index in [1.54, 1.807) is 32.9 Å². The van der Waals surface area contributed by atoms with Crippen molar-refractivity contribution in [3.8, 4) is 0 Å². The number of benzene rings is 1. The number of halogens is 1. The van der Waals surface area contributed by atoms with Gasteiger partial charge in [0.1, 0.15) is 0 Å². The zero-order chi connectivity index (χ0) is 18.6. The Labute approximate surface area is 152 Å². The zero-order valence-corrected chi connectivity index (χ0v) is 15.3. The number of carbonyl (C=O) groups is 3. The normalized spacial score (nSPS) is 14.9. The van der Waals surface area contributed by atoms with E-state index >= 15 is 0 Å². The molecule has 0 fully saturated rings. The lowest BCUT2D eigenvalue weighted by Crippen LogP contribution is -2.36.